The second-order valence-electron chi connectivity index (χ2n) is 4.75. The number of nitrogens with one attached hydrogen (secondary N) is 2. The Bertz CT molecular complexity index is 783. The zero-order chi connectivity index (χ0) is 15.4. The van der Waals surface area contributed by atoms with Gasteiger partial charge in [-0.05, 0) is 30.7 Å². The Morgan fingerprint density at radius 2 is 2.14 bits per heavy atom. The van der Waals surface area contributed by atoms with Gasteiger partial charge in [-0.3, -0.25) is 9.89 Å². The highest BCUT2D eigenvalue weighted by Crippen LogP contribution is 2.20. The first-order valence-electron chi connectivity index (χ1n) is 6.98. The van der Waals surface area contributed by atoms with E-state index in [4.69, 9.17) is 0 Å². The summed E-state index contributed by atoms with van der Waals surface area (Å²) in [5.41, 5.74) is 3.75. The SMILES string of the molecule is CCc1cc(C(=O)Nc2cccc(-c3ccn[nH]3)c2)ncn1. The van der Waals surface area contributed by atoms with Gasteiger partial charge >= 0.3 is 0 Å². The number of nitrogens with zero attached hydrogens (tertiary/aromatic N) is 3. The van der Waals surface area contributed by atoms with Crippen LogP contribution < -0.4 is 5.32 Å². The molecule has 0 spiro atoms. The van der Waals surface area contributed by atoms with Crippen molar-refractivity contribution in [3.8, 4) is 11.3 Å². The van der Waals surface area contributed by atoms with E-state index in [1.165, 1.54) is 6.33 Å². The minimum Gasteiger partial charge on any atom is -0.321 e. The van der Waals surface area contributed by atoms with Crippen LogP contribution in [-0.2, 0) is 6.42 Å². The Morgan fingerprint density at radius 3 is 2.91 bits per heavy atom. The standard InChI is InChI=1S/C16H15N5O/c1-2-12-9-15(18-10-17-12)16(22)20-13-5-3-4-11(8-13)14-6-7-19-21-14/h3-10H,2H2,1H3,(H,19,21)(H,20,22). The first-order valence-corrected chi connectivity index (χ1v) is 6.98. The number of benzene rings is 1. The minimum atomic E-state index is -0.251. The van der Waals surface area contributed by atoms with Gasteiger partial charge in [-0.1, -0.05) is 19.1 Å². The first kappa shape index (κ1) is 13.9. The predicted molar refractivity (Wildman–Crippen MR) is 83.4 cm³/mol. The van der Waals surface area contributed by atoms with Crippen LogP contribution in [0, 0.1) is 0 Å². The third-order valence-corrected chi connectivity index (χ3v) is 3.25. The number of carbonyl (C=O) groups is 1. The highest BCUT2D eigenvalue weighted by molar-refractivity contribution is 6.03. The highest BCUT2D eigenvalue weighted by atomic mass is 16.1. The van der Waals surface area contributed by atoms with Crippen molar-refractivity contribution in [1.29, 1.82) is 0 Å². The number of rotatable bonds is 4. The number of hydrogen-bond acceptors (Lipinski definition) is 4. The summed E-state index contributed by atoms with van der Waals surface area (Å²) < 4.78 is 0. The summed E-state index contributed by atoms with van der Waals surface area (Å²) in [6, 6.07) is 11.1. The Morgan fingerprint density at radius 1 is 1.23 bits per heavy atom. The Hall–Kier alpha value is -3.02. The van der Waals surface area contributed by atoms with Gasteiger partial charge in [0.15, 0.2) is 0 Å². The number of hydrogen-bond donors (Lipinski definition) is 2. The molecule has 0 radical (unpaired) electrons. The molecular formula is C16H15N5O. The quantitative estimate of drug-likeness (QED) is 0.774. The monoisotopic (exact) mass is 293 g/mol. The molecule has 6 nitrogen and oxygen atoms in total. The molecule has 2 N–H and O–H groups in total. The number of anilines is 1. The van der Waals surface area contributed by atoms with Gasteiger partial charge in [0.25, 0.3) is 5.91 Å². The maximum Gasteiger partial charge on any atom is 0.274 e. The molecule has 0 fully saturated rings. The number of amides is 1. The average Bonchev–Trinajstić information content (AvgIpc) is 3.10. The smallest absolute Gasteiger partial charge is 0.274 e. The molecule has 0 bridgehead atoms. The lowest BCUT2D eigenvalue weighted by molar-refractivity contribution is 0.102. The third kappa shape index (κ3) is 3.01. The third-order valence-electron chi connectivity index (χ3n) is 3.25. The average molecular weight is 293 g/mol. The predicted octanol–water partition coefficient (Wildman–Crippen LogP) is 2.68. The largest absolute Gasteiger partial charge is 0.321 e. The second-order valence-corrected chi connectivity index (χ2v) is 4.75. The van der Waals surface area contributed by atoms with Gasteiger partial charge in [0.1, 0.15) is 12.0 Å². The lowest BCUT2D eigenvalue weighted by atomic mass is 10.1. The first-order chi connectivity index (χ1) is 10.8. The molecule has 0 atom stereocenters. The number of H-pyrrole nitrogens is 1. The number of aromatic nitrogens is 4. The van der Waals surface area contributed by atoms with Crippen molar-refractivity contribution in [2.24, 2.45) is 0 Å². The molecule has 0 aliphatic heterocycles. The van der Waals surface area contributed by atoms with E-state index < -0.39 is 0 Å². The lowest BCUT2D eigenvalue weighted by Crippen LogP contribution is -2.14. The van der Waals surface area contributed by atoms with Crippen molar-refractivity contribution in [3.05, 3.63) is 60.3 Å². The Kier molecular flexibility index (Phi) is 3.91. The molecule has 2 aromatic heterocycles. The maximum absolute atomic E-state index is 12.3. The summed E-state index contributed by atoms with van der Waals surface area (Å²) in [6.07, 6.45) is 3.86. The highest BCUT2D eigenvalue weighted by Gasteiger charge is 2.09. The van der Waals surface area contributed by atoms with Crippen molar-refractivity contribution in [3.63, 3.8) is 0 Å². The summed E-state index contributed by atoms with van der Waals surface area (Å²) >= 11 is 0. The number of aromatic amines is 1. The van der Waals surface area contributed by atoms with E-state index in [1.54, 1.807) is 12.3 Å². The van der Waals surface area contributed by atoms with Crippen LogP contribution in [0.4, 0.5) is 5.69 Å². The van der Waals surface area contributed by atoms with E-state index >= 15 is 0 Å². The summed E-state index contributed by atoms with van der Waals surface area (Å²) in [5, 5.41) is 9.67. The topological polar surface area (TPSA) is 83.6 Å². The summed E-state index contributed by atoms with van der Waals surface area (Å²) in [5.74, 6) is -0.251. The molecule has 2 heterocycles. The molecule has 1 amide bonds. The number of aryl methyl sites for hydroxylation is 1. The van der Waals surface area contributed by atoms with Crippen molar-refractivity contribution >= 4 is 11.6 Å². The van der Waals surface area contributed by atoms with E-state index in [2.05, 4.69) is 25.5 Å². The second kappa shape index (κ2) is 6.17. The summed E-state index contributed by atoms with van der Waals surface area (Å²) in [7, 11) is 0. The molecule has 3 aromatic rings. The molecule has 0 unspecified atom stereocenters. The van der Waals surface area contributed by atoms with Crippen molar-refractivity contribution in [1.82, 2.24) is 20.2 Å². The van der Waals surface area contributed by atoms with Crippen LogP contribution >= 0.6 is 0 Å². The van der Waals surface area contributed by atoms with Crippen LogP contribution in [0.2, 0.25) is 0 Å². The molecule has 3 rings (SSSR count). The Balaban J connectivity index is 1.80. The summed E-state index contributed by atoms with van der Waals surface area (Å²) in [6.45, 7) is 1.98. The van der Waals surface area contributed by atoms with Crippen molar-refractivity contribution in [2.75, 3.05) is 5.32 Å². The van der Waals surface area contributed by atoms with Crippen LogP contribution in [0.3, 0.4) is 0 Å². The van der Waals surface area contributed by atoms with Gasteiger partial charge in [0.05, 0.1) is 5.69 Å². The van der Waals surface area contributed by atoms with E-state index in [1.807, 2.05) is 37.3 Å². The van der Waals surface area contributed by atoms with E-state index in [0.29, 0.717) is 11.4 Å². The van der Waals surface area contributed by atoms with Crippen LogP contribution in [0.15, 0.2) is 48.9 Å². The van der Waals surface area contributed by atoms with E-state index in [-0.39, 0.29) is 5.91 Å². The van der Waals surface area contributed by atoms with Crippen LogP contribution in [0.1, 0.15) is 23.1 Å². The molecule has 0 aliphatic carbocycles. The lowest BCUT2D eigenvalue weighted by Gasteiger charge is -2.07. The van der Waals surface area contributed by atoms with E-state index in [0.717, 1.165) is 23.4 Å². The van der Waals surface area contributed by atoms with Gasteiger partial charge in [-0.2, -0.15) is 5.10 Å². The van der Waals surface area contributed by atoms with Gasteiger partial charge in [-0.15, -0.1) is 0 Å². The zero-order valence-corrected chi connectivity index (χ0v) is 12.1. The van der Waals surface area contributed by atoms with Gasteiger partial charge in [-0.25, -0.2) is 9.97 Å². The van der Waals surface area contributed by atoms with E-state index in [9.17, 15) is 4.79 Å². The normalized spacial score (nSPS) is 10.4. The van der Waals surface area contributed by atoms with Crippen LogP contribution in [-0.4, -0.2) is 26.1 Å². The molecular weight excluding hydrogens is 278 g/mol. The minimum absolute atomic E-state index is 0.251. The van der Waals surface area contributed by atoms with Crippen molar-refractivity contribution in [2.45, 2.75) is 13.3 Å². The maximum atomic E-state index is 12.3. The fourth-order valence-corrected chi connectivity index (χ4v) is 2.09. The fraction of sp³-hybridized carbons (Fsp3) is 0.125. The van der Waals surface area contributed by atoms with Gasteiger partial charge < -0.3 is 5.32 Å². The zero-order valence-electron chi connectivity index (χ0n) is 12.1. The molecule has 0 aliphatic rings. The van der Waals surface area contributed by atoms with Gasteiger partial charge in [0.2, 0.25) is 0 Å². The van der Waals surface area contributed by atoms with Crippen LogP contribution in [0.5, 0.6) is 0 Å². The molecule has 6 heteroatoms. The molecule has 1 aromatic carbocycles. The van der Waals surface area contributed by atoms with Crippen LogP contribution in [0.25, 0.3) is 11.3 Å². The number of carbonyl (C=O) groups excluding carboxylic acids is 1. The molecule has 0 saturated heterocycles. The fourth-order valence-electron chi connectivity index (χ4n) is 2.09. The van der Waals surface area contributed by atoms with Crippen molar-refractivity contribution < 1.29 is 4.79 Å². The molecule has 110 valence electrons. The molecule has 0 saturated carbocycles. The summed E-state index contributed by atoms with van der Waals surface area (Å²) in [4.78, 5) is 20.4. The Labute approximate surface area is 127 Å². The molecule has 22 heavy (non-hydrogen) atoms. The van der Waals surface area contributed by atoms with Gasteiger partial charge in [0, 0.05) is 23.1 Å².